The van der Waals surface area contributed by atoms with Gasteiger partial charge in [-0.3, -0.25) is 0 Å². The average molecular weight is 395 g/mol. The average Bonchev–Trinajstić information content (AvgIpc) is 2.67. The number of nitrogens with zero attached hydrogens (tertiary/aromatic N) is 1. The lowest BCUT2D eigenvalue weighted by atomic mass is 10.1. The van der Waals surface area contributed by atoms with Crippen LogP contribution in [0.2, 0.25) is 0 Å². The lowest BCUT2D eigenvalue weighted by Crippen LogP contribution is -2.46. The van der Waals surface area contributed by atoms with Crippen molar-refractivity contribution in [2.24, 2.45) is 0 Å². The van der Waals surface area contributed by atoms with E-state index in [2.05, 4.69) is 5.32 Å². The molecule has 1 fully saturated rings. The van der Waals surface area contributed by atoms with Crippen molar-refractivity contribution in [1.82, 2.24) is 9.62 Å². The van der Waals surface area contributed by atoms with Crippen molar-refractivity contribution in [3.05, 3.63) is 54.6 Å². The molecular formula is C20H27ClN2O2S. The lowest BCUT2D eigenvalue weighted by Gasteiger charge is -2.33. The molecule has 2 aromatic rings. The molecule has 6 heteroatoms. The largest absolute Gasteiger partial charge is 0.317 e. The van der Waals surface area contributed by atoms with E-state index in [1.807, 2.05) is 49.4 Å². The minimum atomic E-state index is -3.46. The monoisotopic (exact) mass is 394 g/mol. The first kappa shape index (κ1) is 20.9. The number of sulfonamides is 1. The Kier molecular flexibility index (Phi) is 7.65. The van der Waals surface area contributed by atoms with E-state index in [9.17, 15) is 8.42 Å². The zero-order chi connectivity index (χ0) is 17.7. The van der Waals surface area contributed by atoms with Gasteiger partial charge in [-0.25, -0.2) is 8.42 Å². The zero-order valence-electron chi connectivity index (χ0n) is 15.1. The Morgan fingerprint density at radius 3 is 2.12 bits per heavy atom. The molecule has 142 valence electrons. The first-order valence-electron chi connectivity index (χ1n) is 9.01. The number of nitrogens with one attached hydrogen (secondary N) is 1. The summed E-state index contributed by atoms with van der Waals surface area (Å²) in [7, 11) is -3.46. The summed E-state index contributed by atoms with van der Waals surface area (Å²) in [6.45, 7) is 4.37. The summed E-state index contributed by atoms with van der Waals surface area (Å²) in [6, 6.07) is 17.4. The molecule has 3 rings (SSSR count). The van der Waals surface area contributed by atoms with Crippen LogP contribution in [0.25, 0.3) is 11.1 Å². The summed E-state index contributed by atoms with van der Waals surface area (Å²) in [6.07, 6.45) is 2.58. The third-order valence-electron chi connectivity index (χ3n) is 4.73. The minimum Gasteiger partial charge on any atom is -0.317 e. The molecule has 1 N–H and O–H groups in total. The predicted molar refractivity (Wildman–Crippen MR) is 109 cm³/mol. The Morgan fingerprint density at radius 2 is 1.54 bits per heavy atom. The van der Waals surface area contributed by atoms with E-state index in [-0.39, 0.29) is 18.4 Å². The number of hydrogen-bond acceptors (Lipinski definition) is 3. The quantitative estimate of drug-likeness (QED) is 0.807. The van der Waals surface area contributed by atoms with Crippen LogP contribution < -0.4 is 5.32 Å². The summed E-state index contributed by atoms with van der Waals surface area (Å²) < 4.78 is 28.1. The molecule has 0 bridgehead atoms. The van der Waals surface area contributed by atoms with Crippen LogP contribution in [0.1, 0.15) is 26.2 Å². The molecule has 0 aromatic heterocycles. The summed E-state index contributed by atoms with van der Waals surface area (Å²) in [5, 5.41) is 3.31. The number of hydrogen-bond donors (Lipinski definition) is 1. The van der Waals surface area contributed by atoms with Crippen LogP contribution in [-0.4, -0.2) is 38.4 Å². The van der Waals surface area contributed by atoms with Crippen LogP contribution in [-0.2, 0) is 10.0 Å². The van der Waals surface area contributed by atoms with Gasteiger partial charge in [-0.2, -0.15) is 4.31 Å². The molecule has 4 nitrogen and oxygen atoms in total. The van der Waals surface area contributed by atoms with E-state index in [1.54, 1.807) is 16.4 Å². The Morgan fingerprint density at radius 1 is 0.962 bits per heavy atom. The van der Waals surface area contributed by atoms with Crippen LogP contribution in [0.3, 0.4) is 0 Å². The Hall–Kier alpha value is -1.40. The summed E-state index contributed by atoms with van der Waals surface area (Å²) in [5.41, 5.74) is 2.12. The lowest BCUT2D eigenvalue weighted by molar-refractivity contribution is 0.262. The second-order valence-electron chi connectivity index (χ2n) is 6.49. The molecule has 0 saturated carbocycles. The number of benzene rings is 2. The molecule has 26 heavy (non-hydrogen) atoms. The standard InChI is InChI=1S/C20H26N2O2S.ClH/c1-2-16-22(19-12-14-21-15-13-19)25(23,24)20-10-8-18(9-11-20)17-6-4-3-5-7-17;/h3-11,19,21H,2,12-16H2,1H3;1H. The van der Waals surface area contributed by atoms with Gasteiger partial charge in [0.25, 0.3) is 0 Å². The fourth-order valence-corrected chi connectivity index (χ4v) is 5.18. The van der Waals surface area contributed by atoms with Crippen molar-refractivity contribution < 1.29 is 8.42 Å². The Bertz CT molecular complexity index is 773. The topological polar surface area (TPSA) is 49.4 Å². The normalized spacial score (nSPS) is 15.6. The van der Waals surface area contributed by atoms with Gasteiger partial charge in [-0.05, 0) is 55.6 Å². The van der Waals surface area contributed by atoms with E-state index in [0.29, 0.717) is 11.4 Å². The molecule has 0 radical (unpaired) electrons. The molecule has 2 aromatic carbocycles. The highest BCUT2D eigenvalue weighted by molar-refractivity contribution is 7.89. The van der Waals surface area contributed by atoms with Gasteiger partial charge >= 0.3 is 0 Å². The Labute approximate surface area is 163 Å². The zero-order valence-corrected chi connectivity index (χ0v) is 16.7. The van der Waals surface area contributed by atoms with Crippen molar-refractivity contribution in [3.8, 4) is 11.1 Å². The SMILES string of the molecule is CCCN(C1CCNCC1)S(=O)(=O)c1ccc(-c2ccccc2)cc1.Cl. The van der Waals surface area contributed by atoms with Gasteiger partial charge in [0.1, 0.15) is 0 Å². The fraction of sp³-hybridized carbons (Fsp3) is 0.400. The van der Waals surface area contributed by atoms with Gasteiger partial charge < -0.3 is 5.32 Å². The van der Waals surface area contributed by atoms with Crippen LogP contribution in [0.15, 0.2) is 59.5 Å². The van der Waals surface area contributed by atoms with E-state index in [4.69, 9.17) is 0 Å². The molecule has 1 heterocycles. The third kappa shape index (κ3) is 4.65. The van der Waals surface area contributed by atoms with Gasteiger partial charge in [0.05, 0.1) is 4.90 Å². The highest BCUT2D eigenvalue weighted by atomic mass is 35.5. The fourth-order valence-electron chi connectivity index (χ4n) is 3.40. The molecule has 1 saturated heterocycles. The molecule has 0 atom stereocenters. The smallest absolute Gasteiger partial charge is 0.243 e. The van der Waals surface area contributed by atoms with Crippen molar-refractivity contribution in [2.75, 3.05) is 19.6 Å². The van der Waals surface area contributed by atoms with Crippen molar-refractivity contribution in [1.29, 1.82) is 0 Å². The van der Waals surface area contributed by atoms with Gasteiger partial charge in [-0.15, -0.1) is 12.4 Å². The summed E-state index contributed by atoms with van der Waals surface area (Å²) in [5.74, 6) is 0. The van der Waals surface area contributed by atoms with Crippen LogP contribution in [0.5, 0.6) is 0 Å². The number of piperidine rings is 1. The highest BCUT2D eigenvalue weighted by Gasteiger charge is 2.31. The van der Waals surface area contributed by atoms with Gasteiger partial charge in [-0.1, -0.05) is 49.4 Å². The third-order valence-corrected chi connectivity index (χ3v) is 6.69. The maximum absolute atomic E-state index is 13.2. The molecule has 1 aliphatic rings. The minimum absolute atomic E-state index is 0. The van der Waals surface area contributed by atoms with Gasteiger partial charge in [0, 0.05) is 12.6 Å². The van der Waals surface area contributed by atoms with Crippen molar-refractivity contribution in [2.45, 2.75) is 37.1 Å². The maximum atomic E-state index is 13.2. The molecule has 0 amide bonds. The Balaban J connectivity index is 0.00000243. The highest BCUT2D eigenvalue weighted by Crippen LogP contribution is 2.26. The van der Waals surface area contributed by atoms with E-state index in [1.165, 1.54) is 0 Å². The molecule has 1 aliphatic heterocycles. The van der Waals surface area contributed by atoms with Gasteiger partial charge in [0.2, 0.25) is 10.0 Å². The molecular weight excluding hydrogens is 368 g/mol. The number of halogens is 1. The second-order valence-corrected chi connectivity index (χ2v) is 8.38. The second kappa shape index (κ2) is 9.51. The summed E-state index contributed by atoms with van der Waals surface area (Å²) >= 11 is 0. The summed E-state index contributed by atoms with van der Waals surface area (Å²) in [4.78, 5) is 0.388. The van der Waals surface area contributed by atoms with Crippen molar-refractivity contribution in [3.63, 3.8) is 0 Å². The van der Waals surface area contributed by atoms with Crippen LogP contribution in [0.4, 0.5) is 0 Å². The first-order valence-corrected chi connectivity index (χ1v) is 10.4. The number of rotatable bonds is 6. The van der Waals surface area contributed by atoms with E-state index < -0.39 is 10.0 Å². The first-order chi connectivity index (χ1) is 12.1. The van der Waals surface area contributed by atoms with Crippen molar-refractivity contribution >= 4 is 22.4 Å². The molecule has 0 unspecified atom stereocenters. The predicted octanol–water partition coefficient (Wildman–Crippen LogP) is 3.93. The molecule has 0 spiro atoms. The maximum Gasteiger partial charge on any atom is 0.243 e. The van der Waals surface area contributed by atoms with E-state index in [0.717, 1.165) is 43.5 Å². The van der Waals surface area contributed by atoms with E-state index >= 15 is 0 Å². The van der Waals surface area contributed by atoms with Crippen LogP contribution in [0, 0.1) is 0 Å². The molecule has 0 aliphatic carbocycles. The van der Waals surface area contributed by atoms with Gasteiger partial charge in [0.15, 0.2) is 0 Å². The van der Waals surface area contributed by atoms with Crippen LogP contribution >= 0.6 is 12.4 Å².